The summed E-state index contributed by atoms with van der Waals surface area (Å²) in [5.74, 6) is 0.634. The molecule has 2 heteroatoms. The summed E-state index contributed by atoms with van der Waals surface area (Å²) in [5.41, 5.74) is 5.26. The van der Waals surface area contributed by atoms with Crippen LogP contribution >= 0.6 is 0 Å². The van der Waals surface area contributed by atoms with Crippen LogP contribution in [-0.4, -0.2) is 0 Å². The van der Waals surface area contributed by atoms with Crippen molar-refractivity contribution in [3.05, 3.63) is 24.7 Å². The summed E-state index contributed by atoms with van der Waals surface area (Å²) in [6.45, 7) is 5.27. The highest BCUT2D eigenvalue weighted by molar-refractivity contribution is 4.94. The fourth-order valence-electron chi connectivity index (χ4n) is 0.201. The smallest absolute Gasteiger partial charge is 0.0955 e. The molecular formula is C5H10N2. The lowest BCUT2D eigenvalue weighted by Crippen LogP contribution is -2.12. The Bertz CT molecular complexity index is 84.1. The van der Waals surface area contributed by atoms with E-state index in [1.807, 2.05) is 6.92 Å². The molecule has 0 aliphatic heterocycles. The number of hydrogen-bond donors (Lipinski definition) is 2. The summed E-state index contributed by atoms with van der Waals surface area (Å²) in [6.07, 6.45) is 3.30. The highest BCUT2D eigenvalue weighted by atomic mass is 15.0. The molecule has 0 rings (SSSR count). The first-order chi connectivity index (χ1) is 3.31. The Balaban J connectivity index is 3.36. The van der Waals surface area contributed by atoms with Gasteiger partial charge in [0.25, 0.3) is 0 Å². The van der Waals surface area contributed by atoms with Crippen LogP contribution in [0.15, 0.2) is 24.7 Å². The van der Waals surface area contributed by atoms with Crippen LogP contribution in [0.25, 0.3) is 0 Å². The van der Waals surface area contributed by atoms with Crippen LogP contribution in [0.4, 0.5) is 0 Å². The lowest BCUT2D eigenvalue weighted by Gasteiger charge is -1.93. The van der Waals surface area contributed by atoms with Crippen molar-refractivity contribution in [1.29, 1.82) is 0 Å². The van der Waals surface area contributed by atoms with Gasteiger partial charge < -0.3 is 11.1 Å². The molecule has 0 aliphatic rings. The van der Waals surface area contributed by atoms with Crippen LogP contribution in [0.2, 0.25) is 0 Å². The third-order valence-electron chi connectivity index (χ3n) is 0.580. The van der Waals surface area contributed by atoms with Gasteiger partial charge in [0.15, 0.2) is 0 Å². The fraction of sp³-hybridized carbons (Fsp3) is 0.200. The highest BCUT2D eigenvalue weighted by Gasteiger charge is 1.72. The van der Waals surface area contributed by atoms with E-state index in [-0.39, 0.29) is 0 Å². The molecule has 0 bridgehead atoms. The maximum Gasteiger partial charge on any atom is 0.0955 e. The van der Waals surface area contributed by atoms with Crippen LogP contribution in [0.3, 0.4) is 0 Å². The molecule has 0 aromatic carbocycles. The second-order valence-corrected chi connectivity index (χ2v) is 1.09. The van der Waals surface area contributed by atoms with Crippen LogP contribution in [0, 0.1) is 0 Å². The molecule has 0 unspecified atom stereocenters. The molecule has 7 heavy (non-hydrogen) atoms. The van der Waals surface area contributed by atoms with Gasteiger partial charge in [0.2, 0.25) is 0 Å². The highest BCUT2D eigenvalue weighted by Crippen LogP contribution is 1.71. The summed E-state index contributed by atoms with van der Waals surface area (Å²) < 4.78 is 0. The van der Waals surface area contributed by atoms with Crippen molar-refractivity contribution in [3.8, 4) is 0 Å². The van der Waals surface area contributed by atoms with Gasteiger partial charge in [0.1, 0.15) is 0 Å². The van der Waals surface area contributed by atoms with E-state index in [9.17, 15) is 0 Å². The molecule has 0 fully saturated rings. The third-order valence-corrected chi connectivity index (χ3v) is 0.580. The van der Waals surface area contributed by atoms with Crippen molar-refractivity contribution in [2.24, 2.45) is 5.73 Å². The predicted octanol–water partition coefficient (Wildman–Crippen LogP) is 0.540. The maximum absolute atomic E-state index is 5.26. The summed E-state index contributed by atoms with van der Waals surface area (Å²) in [6, 6.07) is 0. The summed E-state index contributed by atoms with van der Waals surface area (Å²) in [4.78, 5) is 0. The number of allylic oxidation sites excluding steroid dienone is 1. The van der Waals surface area contributed by atoms with Crippen molar-refractivity contribution >= 4 is 0 Å². The van der Waals surface area contributed by atoms with Gasteiger partial charge in [-0.1, -0.05) is 6.58 Å². The predicted molar refractivity (Wildman–Crippen MR) is 31.3 cm³/mol. The largest absolute Gasteiger partial charge is 0.386 e. The average Bonchev–Trinajstić information content (AvgIpc) is 1.68. The summed E-state index contributed by atoms with van der Waals surface area (Å²) in [5, 5.41) is 2.70. The van der Waals surface area contributed by atoms with E-state index in [4.69, 9.17) is 5.73 Å². The molecular weight excluding hydrogens is 88.1 g/mol. The normalized spacial score (nSPS) is 10.7. The lowest BCUT2D eigenvalue weighted by molar-refractivity contribution is 1.03. The Kier molecular flexibility index (Phi) is 2.85. The van der Waals surface area contributed by atoms with Crippen LogP contribution in [0.5, 0.6) is 0 Å². The number of nitrogens with one attached hydrogen (secondary N) is 1. The topological polar surface area (TPSA) is 38.0 Å². The van der Waals surface area contributed by atoms with Crippen molar-refractivity contribution in [3.63, 3.8) is 0 Å². The van der Waals surface area contributed by atoms with Crippen LogP contribution in [0.1, 0.15) is 6.92 Å². The summed E-state index contributed by atoms with van der Waals surface area (Å²) >= 11 is 0. The van der Waals surface area contributed by atoms with E-state index in [1.165, 1.54) is 6.20 Å². The van der Waals surface area contributed by atoms with Gasteiger partial charge in [0.05, 0.1) is 5.82 Å². The Morgan fingerprint density at radius 2 is 2.43 bits per heavy atom. The van der Waals surface area contributed by atoms with E-state index < -0.39 is 0 Å². The minimum Gasteiger partial charge on any atom is -0.386 e. The number of hydrogen-bond acceptors (Lipinski definition) is 2. The zero-order valence-electron chi connectivity index (χ0n) is 4.44. The average molecular weight is 98.1 g/mol. The molecule has 0 saturated carbocycles. The molecule has 40 valence electrons. The second-order valence-electron chi connectivity index (χ2n) is 1.09. The van der Waals surface area contributed by atoms with Crippen molar-refractivity contribution in [1.82, 2.24) is 5.32 Å². The maximum atomic E-state index is 5.26. The first-order valence-electron chi connectivity index (χ1n) is 2.10. The van der Waals surface area contributed by atoms with Crippen LogP contribution < -0.4 is 11.1 Å². The lowest BCUT2D eigenvalue weighted by atomic mass is 10.6. The Labute approximate surface area is 43.7 Å². The number of nitrogens with two attached hydrogens (primary N) is 1. The summed E-state index contributed by atoms with van der Waals surface area (Å²) in [7, 11) is 0. The molecule has 0 amide bonds. The minimum absolute atomic E-state index is 0.634. The van der Waals surface area contributed by atoms with E-state index >= 15 is 0 Å². The van der Waals surface area contributed by atoms with E-state index in [0.717, 1.165) is 0 Å². The van der Waals surface area contributed by atoms with Crippen molar-refractivity contribution in [2.45, 2.75) is 6.92 Å². The van der Waals surface area contributed by atoms with Gasteiger partial charge in [-0.15, -0.1) is 0 Å². The zero-order chi connectivity index (χ0) is 5.70. The van der Waals surface area contributed by atoms with Gasteiger partial charge in [-0.05, 0) is 19.2 Å². The molecule has 0 saturated heterocycles. The molecule has 0 heterocycles. The number of rotatable bonds is 2. The molecule has 0 radical (unpaired) electrons. The molecule has 0 spiro atoms. The quantitative estimate of drug-likeness (QED) is 0.529. The molecule has 0 aromatic rings. The minimum atomic E-state index is 0.634. The molecule has 0 aliphatic carbocycles. The van der Waals surface area contributed by atoms with Gasteiger partial charge in [-0.2, -0.15) is 0 Å². The standard InChI is InChI=1S/C5H10N2/c1-3-5(6)7-4-2/h3-4,7H,2,6H2,1H3/b5-3-. The van der Waals surface area contributed by atoms with Gasteiger partial charge in [-0.3, -0.25) is 0 Å². The van der Waals surface area contributed by atoms with E-state index in [1.54, 1.807) is 6.08 Å². The van der Waals surface area contributed by atoms with Gasteiger partial charge >= 0.3 is 0 Å². The van der Waals surface area contributed by atoms with Crippen molar-refractivity contribution in [2.75, 3.05) is 0 Å². The van der Waals surface area contributed by atoms with Gasteiger partial charge in [0, 0.05) is 0 Å². The second kappa shape index (κ2) is 3.28. The Morgan fingerprint density at radius 1 is 1.86 bits per heavy atom. The van der Waals surface area contributed by atoms with Crippen LogP contribution in [-0.2, 0) is 0 Å². The van der Waals surface area contributed by atoms with Crippen molar-refractivity contribution < 1.29 is 0 Å². The molecule has 2 nitrogen and oxygen atoms in total. The fourth-order valence-corrected chi connectivity index (χ4v) is 0.201. The molecule has 0 aromatic heterocycles. The Morgan fingerprint density at radius 3 is 2.57 bits per heavy atom. The zero-order valence-corrected chi connectivity index (χ0v) is 4.44. The van der Waals surface area contributed by atoms with E-state index in [0.29, 0.717) is 5.82 Å². The molecule has 3 N–H and O–H groups in total. The first kappa shape index (κ1) is 6.08. The van der Waals surface area contributed by atoms with Gasteiger partial charge in [-0.25, -0.2) is 0 Å². The SMILES string of the molecule is C=CN/C(N)=C\C. The molecule has 0 atom stereocenters. The van der Waals surface area contributed by atoms with E-state index in [2.05, 4.69) is 11.9 Å². The monoisotopic (exact) mass is 98.1 g/mol. The first-order valence-corrected chi connectivity index (χ1v) is 2.10. The third kappa shape index (κ3) is 2.89. The Hall–Kier alpha value is -0.920.